The molecule has 0 aliphatic heterocycles. The molecule has 0 aliphatic rings. The minimum absolute atomic E-state index is 0.00231. The van der Waals surface area contributed by atoms with Crippen molar-refractivity contribution >= 4 is 5.69 Å². The molecule has 1 nitrogen and oxygen atoms in total. The first kappa shape index (κ1) is 8.97. The highest BCUT2D eigenvalue weighted by molar-refractivity contribution is 5.45. The predicted octanol–water partition coefficient (Wildman–Crippen LogP) is 2.69. The second-order valence-electron chi connectivity index (χ2n) is 2.96. The van der Waals surface area contributed by atoms with Gasteiger partial charge in [0.2, 0.25) is 0 Å². The predicted molar refractivity (Wildman–Crippen MR) is 45.2 cm³/mol. The van der Waals surface area contributed by atoms with E-state index in [1.54, 1.807) is 19.1 Å². The molecule has 12 heavy (non-hydrogen) atoms. The van der Waals surface area contributed by atoms with Gasteiger partial charge in [-0.2, -0.15) is 0 Å². The van der Waals surface area contributed by atoms with Crippen LogP contribution >= 0.6 is 0 Å². The summed E-state index contributed by atoms with van der Waals surface area (Å²) in [5.41, 5.74) is 6.33. The van der Waals surface area contributed by atoms with Gasteiger partial charge in [-0.1, -0.05) is 6.07 Å². The molecule has 1 rings (SSSR count). The molecule has 0 bridgehead atoms. The first-order valence-corrected chi connectivity index (χ1v) is 3.65. The molecule has 0 radical (unpaired) electrons. The van der Waals surface area contributed by atoms with Gasteiger partial charge in [0.1, 0.15) is 0 Å². The summed E-state index contributed by atoms with van der Waals surface area (Å²) in [5, 5.41) is 0. The lowest BCUT2D eigenvalue weighted by atomic mass is 10.0. The van der Waals surface area contributed by atoms with Crippen LogP contribution in [0, 0.1) is 6.92 Å². The Kier molecular flexibility index (Phi) is 2.04. The fourth-order valence-corrected chi connectivity index (χ4v) is 1.11. The van der Waals surface area contributed by atoms with Gasteiger partial charge >= 0.3 is 0 Å². The quantitative estimate of drug-likeness (QED) is 0.646. The maximum absolute atomic E-state index is 12.8. The van der Waals surface area contributed by atoms with Crippen LogP contribution in [0.25, 0.3) is 0 Å². The summed E-state index contributed by atoms with van der Waals surface area (Å²) in [4.78, 5) is 0. The maximum atomic E-state index is 12.8. The summed E-state index contributed by atoms with van der Waals surface area (Å²) in [6.45, 7) is 2.51. The highest BCUT2D eigenvalue weighted by Gasteiger charge is 2.26. The number of benzene rings is 1. The molecule has 0 amide bonds. The van der Waals surface area contributed by atoms with Gasteiger partial charge in [0, 0.05) is 18.2 Å². The highest BCUT2D eigenvalue weighted by Crippen LogP contribution is 2.30. The number of alkyl halides is 2. The molecule has 0 atom stereocenters. The zero-order valence-electron chi connectivity index (χ0n) is 7.07. The lowest BCUT2D eigenvalue weighted by Gasteiger charge is -2.13. The number of hydrogen-bond acceptors (Lipinski definition) is 1. The van der Waals surface area contributed by atoms with Crippen LogP contribution in [-0.4, -0.2) is 0 Å². The molecule has 0 fully saturated rings. The van der Waals surface area contributed by atoms with E-state index in [-0.39, 0.29) is 5.56 Å². The Balaban J connectivity index is 3.23. The Bertz CT molecular complexity index is 289. The molecule has 0 unspecified atom stereocenters. The van der Waals surface area contributed by atoms with Crippen LogP contribution in [-0.2, 0) is 5.92 Å². The molecular weight excluding hydrogens is 160 g/mol. The first-order valence-electron chi connectivity index (χ1n) is 3.65. The molecule has 0 saturated carbocycles. The fourth-order valence-electron chi connectivity index (χ4n) is 1.11. The molecule has 3 heteroatoms. The van der Waals surface area contributed by atoms with Crippen LogP contribution in [0.5, 0.6) is 0 Å². The highest BCUT2D eigenvalue weighted by atomic mass is 19.3. The van der Waals surface area contributed by atoms with E-state index in [4.69, 9.17) is 5.73 Å². The van der Waals surface area contributed by atoms with E-state index in [1.165, 1.54) is 6.07 Å². The van der Waals surface area contributed by atoms with Gasteiger partial charge in [-0.25, -0.2) is 8.78 Å². The van der Waals surface area contributed by atoms with Crippen LogP contribution in [0.1, 0.15) is 18.1 Å². The summed E-state index contributed by atoms with van der Waals surface area (Å²) >= 11 is 0. The Morgan fingerprint density at radius 3 is 2.33 bits per heavy atom. The summed E-state index contributed by atoms with van der Waals surface area (Å²) in [6.07, 6.45) is 0. The number of hydrogen-bond donors (Lipinski definition) is 1. The van der Waals surface area contributed by atoms with Crippen molar-refractivity contribution in [2.75, 3.05) is 5.73 Å². The Morgan fingerprint density at radius 1 is 1.33 bits per heavy atom. The summed E-state index contributed by atoms with van der Waals surface area (Å²) < 4.78 is 25.7. The van der Waals surface area contributed by atoms with E-state index in [0.29, 0.717) is 11.3 Å². The molecule has 0 saturated heterocycles. The van der Waals surface area contributed by atoms with Gasteiger partial charge in [-0.15, -0.1) is 0 Å². The zero-order valence-corrected chi connectivity index (χ0v) is 7.07. The van der Waals surface area contributed by atoms with E-state index >= 15 is 0 Å². The standard InChI is InChI=1S/C9H11F2N/c1-6-3-4-7(12)5-8(6)9(2,10)11/h3-5H,12H2,1-2H3. The summed E-state index contributed by atoms with van der Waals surface area (Å²) in [6, 6.07) is 4.53. The van der Waals surface area contributed by atoms with Crippen molar-refractivity contribution in [1.82, 2.24) is 0 Å². The average molecular weight is 171 g/mol. The van der Waals surface area contributed by atoms with Crippen LogP contribution in [0.4, 0.5) is 14.5 Å². The van der Waals surface area contributed by atoms with Gasteiger partial charge in [-0.05, 0) is 24.6 Å². The summed E-state index contributed by atoms with van der Waals surface area (Å²) in [5.74, 6) is -2.81. The SMILES string of the molecule is Cc1ccc(N)cc1C(C)(F)F. The number of nitrogen functional groups attached to an aromatic ring is 1. The van der Waals surface area contributed by atoms with E-state index < -0.39 is 5.92 Å². The normalized spacial score (nSPS) is 11.7. The zero-order chi connectivity index (χ0) is 9.35. The van der Waals surface area contributed by atoms with Crippen LogP contribution in [0.15, 0.2) is 18.2 Å². The number of rotatable bonds is 1. The second-order valence-corrected chi connectivity index (χ2v) is 2.96. The van der Waals surface area contributed by atoms with Crippen LogP contribution in [0.2, 0.25) is 0 Å². The van der Waals surface area contributed by atoms with Crippen molar-refractivity contribution in [3.63, 3.8) is 0 Å². The maximum Gasteiger partial charge on any atom is 0.270 e. The lowest BCUT2D eigenvalue weighted by molar-refractivity contribution is 0.0169. The average Bonchev–Trinajstić information content (AvgIpc) is 1.92. The lowest BCUT2D eigenvalue weighted by Crippen LogP contribution is -2.09. The Labute approximate surface area is 70.2 Å². The molecule has 2 N–H and O–H groups in total. The minimum Gasteiger partial charge on any atom is -0.399 e. The van der Waals surface area contributed by atoms with Gasteiger partial charge in [-0.3, -0.25) is 0 Å². The molecule has 1 aromatic rings. The monoisotopic (exact) mass is 171 g/mol. The Hall–Kier alpha value is -1.12. The first-order chi connectivity index (χ1) is 5.41. The van der Waals surface area contributed by atoms with Crippen LogP contribution in [0.3, 0.4) is 0 Å². The van der Waals surface area contributed by atoms with Crippen LogP contribution < -0.4 is 5.73 Å². The van der Waals surface area contributed by atoms with E-state index in [2.05, 4.69) is 0 Å². The largest absolute Gasteiger partial charge is 0.399 e. The third-order valence-electron chi connectivity index (χ3n) is 1.73. The molecular formula is C9H11F2N. The topological polar surface area (TPSA) is 26.0 Å². The fraction of sp³-hybridized carbons (Fsp3) is 0.333. The number of nitrogens with two attached hydrogens (primary N) is 1. The number of halogens is 2. The van der Waals surface area contributed by atoms with E-state index in [9.17, 15) is 8.78 Å². The van der Waals surface area contributed by atoms with E-state index in [1.807, 2.05) is 0 Å². The van der Waals surface area contributed by atoms with Crippen molar-refractivity contribution in [3.05, 3.63) is 29.3 Å². The van der Waals surface area contributed by atoms with Crippen molar-refractivity contribution in [1.29, 1.82) is 0 Å². The Morgan fingerprint density at radius 2 is 1.92 bits per heavy atom. The molecule has 0 heterocycles. The molecule has 0 aliphatic carbocycles. The van der Waals surface area contributed by atoms with Gasteiger partial charge in [0.15, 0.2) is 0 Å². The minimum atomic E-state index is -2.81. The van der Waals surface area contributed by atoms with Crippen molar-refractivity contribution in [2.45, 2.75) is 19.8 Å². The third kappa shape index (κ3) is 1.72. The smallest absolute Gasteiger partial charge is 0.270 e. The summed E-state index contributed by atoms with van der Waals surface area (Å²) in [7, 11) is 0. The third-order valence-corrected chi connectivity index (χ3v) is 1.73. The van der Waals surface area contributed by atoms with Crippen molar-refractivity contribution in [3.8, 4) is 0 Å². The van der Waals surface area contributed by atoms with E-state index in [0.717, 1.165) is 6.92 Å². The number of anilines is 1. The molecule has 0 aromatic heterocycles. The van der Waals surface area contributed by atoms with Gasteiger partial charge < -0.3 is 5.73 Å². The number of aryl methyl sites for hydroxylation is 1. The second kappa shape index (κ2) is 2.73. The molecule has 66 valence electrons. The van der Waals surface area contributed by atoms with Gasteiger partial charge in [0.25, 0.3) is 5.92 Å². The van der Waals surface area contributed by atoms with Gasteiger partial charge in [0.05, 0.1) is 0 Å². The molecule has 1 aromatic carbocycles. The van der Waals surface area contributed by atoms with Crippen molar-refractivity contribution in [2.24, 2.45) is 0 Å². The molecule has 0 spiro atoms. The van der Waals surface area contributed by atoms with Crippen molar-refractivity contribution < 1.29 is 8.78 Å².